The minimum absolute atomic E-state index is 0.322. The van der Waals surface area contributed by atoms with Crippen LogP contribution in [0.1, 0.15) is 199 Å². The minimum atomic E-state index is -2.37. The average molecular weight is 1130 g/mol. The summed E-state index contributed by atoms with van der Waals surface area (Å²) in [6.45, 7) is 50.2. The summed E-state index contributed by atoms with van der Waals surface area (Å²) in [4.78, 5) is 14.1. The summed E-state index contributed by atoms with van der Waals surface area (Å²) in [5, 5.41) is 3.38. The van der Waals surface area contributed by atoms with E-state index in [4.69, 9.17) is 45.4 Å². The van der Waals surface area contributed by atoms with Crippen LogP contribution in [0.4, 0.5) is 0 Å². The molecule has 0 radical (unpaired) electrons. The Kier molecular flexibility index (Phi) is 15.6. The smallest absolute Gasteiger partial charge is 0.488 e. The molecule has 6 aromatic carbocycles. The van der Waals surface area contributed by atoms with Crippen LogP contribution in [-0.4, -0.2) is 28.4 Å². The Bertz CT molecular complexity index is 3460. The zero-order valence-electron chi connectivity index (χ0n) is 52.0. The lowest BCUT2D eigenvalue weighted by molar-refractivity contribution is 0.0697. The molecule has 2 heterocycles. The fraction of sp³-hybridized carbons (Fsp3) is 0.478. The van der Waals surface area contributed by atoms with Crippen molar-refractivity contribution in [2.45, 2.75) is 210 Å². The molecule has 0 amide bonds. The van der Waals surface area contributed by atoms with Crippen molar-refractivity contribution >= 4 is 55.5 Å². The van der Waals surface area contributed by atoms with Crippen LogP contribution in [0.5, 0.6) is 40.2 Å². The SMILES string of the molecule is CC(C)(C)Oc1cc(-c2cc(OC(C)(C)C)cc(C(C)(C)C)c2Op2oc3c(C(C)(C)C)cc(OC(C)(C)C)cc3c3cc(OC(C)(C)C)cc(C(C)(C)C)c3o2)c(OP2OC(=O)c3cc4ccccc4cc3O2)c(C(C)(C)C)c1. The van der Waals surface area contributed by atoms with E-state index in [0.29, 0.717) is 68.1 Å². The fourth-order valence-corrected chi connectivity index (χ4v) is 11.7. The normalized spacial score (nSPS) is 14.8. The highest BCUT2D eigenvalue weighted by atomic mass is 31.2. The van der Waals surface area contributed by atoms with Gasteiger partial charge >= 0.3 is 22.8 Å². The maximum Gasteiger partial charge on any atom is 0.532 e. The topological polar surface area (TPSA) is 117 Å². The van der Waals surface area contributed by atoms with Crippen LogP contribution in [0.2, 0.25) is 0 Å². The van der Waals surface area contributed by atoms with Gasteiger partial charge in [0.1, 0.15) is 79.4 Å². The van der Waals surface area contributed by atoms with Gasteiger partial charge in [-0.3, -0.25) is 0 Å². The lowest BCUT2D eigenvalue weighted by Gasteiger charge is -2.32. The van der Waals surface area contributed by atoms with E-state index in [1.807, 2.05) is 138 Å². The number of hydrogen-bond donors (Lipinski definition) is 0. The van der Waals surface area contributed by atoms with E-state index in [1.54, 1.807) is 6.07 Å². The molecule has 11 nitrogen and oxygen atoms in total. The standard InChI is InChI=1S/C67H86O11P2/c1-60(2,3)50-35-41(69-64(13,14)15)31-45(55(50)74-79-73-54-30-40-28-26-25-27-39(40)29-49(54)59(68)78-79)46-32-42(70-65(16,17)18)36-51(61(4,5)6)56(46)75-80-76-57-47(33-43(71-66(19,20)21)37-52(57)62(7,8)9)48-34-44(72-67(22,23)24)38-53(58(48)77-80)63(10,11)12/h25-38H,1-24H3. The summed E-state index contributed by atoms with van der Waals surface area (Å²) in [6.07, 6.45) is 0. The third kappa shape index (κ3) is 14.0. The minimum Gasteiger partial charge on any atom is -0.488 e. The maximum absolute atomic E-state index is 14.1. The van der Waals surface area contributed by atoms with Gasteiger partial charge in [0.15, 0.2) is 0 Å². The number of hydrogen-bond acceptors (Lipinski definition) is 11. The molecule has 430 valence electrons. The second-order valence-electron chi connectivity index (χ2n) is 29.2. The fourth-order valence-electron chi connectivity index (χ4n) is 9.54. The zero-order chi connectivity index (χ0) is 59.2. The Morgan fingerprint density at radius 3 is 1.10 bits per heavy atom. The lowest BCUT2D eigenvalue weighted by Crippen LogP contribution is -2.24. The average Bonchev–Trinajstić information content (AvgIpc) is 3.47. The molecule has 8 rings (SSSR count). The highest BCUT2D eigenvalue weighted by Gasteiger charge is 2.38. The molecular weight excluding hydrogens is 1040 g/mol. The summed E-state index contributed by atoms with van der Waals surface area (Å²) in [5.74, 6) is 3.28. The Hall–Kier alpha value is -6.02. The largest absolute Gasteiger partial charge is 0.532 e. The predicted molar refractivity (Wildman–Crippen MR) is 328 cm³/mol. The number of rotatable bonds is 9. The van der Waals surface area contributed by atoms with E-state index >= 15 is 0 Å². The van der Waals surface area contributed by atoms with Crippen LogP contribution in [0.15, 0.2) is 93.3 Å². The van der Waals surface area contributed by atoms with Crippen molar-refractivity contribution < 1.29 is 50.2 Å². The van der Waals surface area contributed by atoms with Crippen molar-refractivity contribution in [2.75, 3.05) is 0 Å². The molecule has 0 spiro atoms. The quantitative estimate of drug-likeness (QED) is 0.129. The van der Waals surface area contributed by atoms with Gasteiger partial charge in [-0.2, -0.15) is 0 Å². The number of ether oxygens (including phenoxy) is 4. The van der Waals surface area contributed by atoms with E-state index in [1.165, 1.54) is 0 Å². The number of fused-ring (bicyclic) bond motifs is 5. The van der Waals surface area contributed by atoms with Gasteiger partial charge in [-0.15, -0.1) is 0 Å². The summed E-state index contributed by atoms with van der Waals surface area (Å²) >= 11 is 0. The molecule has 80 heavy (non-hydrogen) atoms. The first kappa shape index (κ1) is 60.1. The molecular formula is C67H86O11P2. The first-order valence-corrected chi connectivity index (χ1v) is 29.9. The number of carbonyl (C=O) groups is 1. The van der Waals surface area contributed by atoms with Crippen molar-refractivity contribution in [1.29, 1.82) is 0 Å². The van der Waals surface area contributed by atoms with Crippen LogP contribution in [0.25, 0.3) is 43.8 Å². The van der Waals surface area contributed by atoms with Gasteiger partial charge in [0.2, 0.25) is 0 Å². The van der Waals surface area contributed by atoms with E-state index in [0.717, 1.165) is 43.8 Å². The Morgan fingerprint density at radius 1 is 0.375 bits per heavy atom. The Morgan fingerprint density at radius 2 is 0.725 bits per heavy atom. The molecule has 13 heteroatoms. The molecule has 1 atom stereocenters. The van der Waals surface area contributed by atoms with Gasteiger partial charge in [-0.1, -0.05) is 107 Å². The van der Waals surface area contributed by atoms with Gasteiger partial charge in [0, 0.05) is 44.2 Å². The highest BCUT2D eigenvalue weighted by Crippen LogP contribution is 2.57. The molecule has 0 N–H and O–H groups in total. The van der Waals surface area contributed by atoms with Crippen LogP contribution < -0.4 is 32.5 Å². The molecule has 0 saturated heterocycles. The maximum atomic E-state index is 14.1. The molecule has 1 aliphatic heterocycles. The third-order valence-corrected chi connectivity index (χ3v) is 14.8. The summed E-state index contributed by atoms with van der Waals surface area (Å²) in [7, 11) is -4.74. The summed E-state index contributed by atoms with van der Waals surface area (Å²) < 4.78 is 69.4. The van der Waals surface area contributed by atoms with Gasteiger partial charge in [0.25, 0.3) is 0 Å². The number of benzene rings is 6. The molecule has 0 aliphatic carbocycles. The van der Waals surface area contributed by atoms with Crippen LogP contribution in [0.3, 0.4) is 0 Å². The van der Waals surface area contributed by atoms with Crippen molar-refractivity contribution in [1.82, 2.24) is 0 Å². The number of carbonyl (C=O) groups excluding carboxylic acids is 1. The molecule has 7 aromatic rings. The van der Waals surface area contributed by atoms with Crippen molar-refractivity contribution in [3.63, 3.8) is 0 Å². The van der Waals surface area contributed by atoms with Crippen LogP contribution in [0, 0.1) is 0 Å². The second kappa shape index (κ2) is 20.8. The lowest BCUT2D eigenvalue weighted by atomic mass is 9.81. The zero-order valence-corrected chi connectivity index (χ0v) is 53.8. The molecule has 1 aromatic heterocycles. The molecule has 1 unspecified atom stereocenters. The molecule has 0 fully saturated rings. The van der Waals surface area contributed by atoms with E-state index in [9.17, 15) is 4.79 Å². The second-order valence-corrected chi connectivity index (χ2v) is 31.2. The predicted octanol–water partition coefficient (Wildman–Crippen LogP) is 20.7. The third-order valence-electron chi connectivity index (χ3n) is 12.8. The van der Waals surface area contributed by atoms with Gasteiger partial charge in [-0.05, 0) is 176 Å². The molecule has 0 bridgehead atoms. The van der Waals surface area contributed by atoms with Crippen LogP contribution >= 0.6 is 16.8 Å². The van der Waals surface area contributed by atoms with E-state index in [-0.39, 0.29) is 0 Å². The Labute approximate surface area is 477 Å². The van der Waals surface area contributed by atoms with Crippen LogP contribution in [-0.2, 0) is 26.2 Å². The summed E-state index contributed by atoms with van der Waals surface area (Å²) in [5.41, 5.74) is 1.84. The van der Waals surface area contributed by atoms with Crippen molar-refractivity contribution in [3.05, 3.63) is 113 Å². The van der Waals surface area contributed by atoms with E-state index in [2.05, 4.69) is 107 Å². The van der Waals surface area contributed by atoms with Gasteiger partial charge in [-0.25, -0.2) is 4.79 Å². The monoisotopic (exact) mass is 1130 g/mol. The van der Waals surface area contributed by atoms with Gasteiger partial charge < -0.3 is 45.4 Å². The van der Waals surface area contributed by atoms with E-state index < -0.39 is 66.9 Å². The molecule has 1 aliphatic rings. The Balaban J connectivity index is 1.51. The summed E-state index contributed by atoms with van der Waals surface area (Å²) in [6, 6.07) is 27.7. The first-order valence-electron chi connectivity index (χ1n) is 27.8. The van der Waals surface area contributed by atoms with Gasteiger partial charge in [0.05, 0.1) is 0 Å². The van der Waals surface area contributed by atoms with Crippen molar-refractivity contribution in [3.8, 4) is 51.4 Å². The molecule has 0 saturated carbocycles. The highest BCUT2D eigenvalue weighted by molar-refractivity contribution is 7.43. The van der Waals surface area contributed by atoms with Crippen molar-refractivity contribution in [2.24, 2.45) is 0 Å². The first-order chi connectivity index (χ1) is 36.5.